The van der Waals surface area contributed by atoms with E-state index in [0.717, 1.165) is 5.56 Å². The minimum Gasteiger partial charge on any atom is -0.496 e. The molecule has 20 heavy (non-hydrogen) atoms. The minimum absolute atomic E-state index is 0.482. The Morgan fingerprint density at radius 2 is 1.80 bits per heavy atom. The Morgan fingerprint density at radius 1 is 1.15 bits per heavy atom. The lowest BCUT2D eigenvalue weighted by molar-refractivity contribution is -0.139. The van der Waals surface area contributed by atoms with Gasteiger partial charge in [-0.05, 0) is 11.6 Å². The zero-order valence-corrected chi connectivity index (χ0v) is 11.2. The standard InChI is InChI=1S/C16H17NO3/c1-20-14-10-6-5-9-13(14)15(16(18)19)17-11-12-7-3-2-4-8-12/h2-10,15,17H,11H2,1H3,(H,18,19). The first kappa shape index (κ1) is 14.1. The van der Waals surface area contributed by atoms with Crippen molar-refractivity contribution in [2.24, 2.45) is 0 Å². The number of methoxy groups -OCH3 is 1. The third kappa shape index (κ3) is 3.36. The van der Waals surface area contributed by atoms with E-state index in [1.165, 1.54) is 7.11 Å². The van der Waals surface area contributed by atoms with Crippen LogP contribution in [0.2, 0.25) is 0 Å². The molecule has 2 N–H and O–H groups in total. The number of para-hydroxylation sites is 1. The molecule has 0 fully saturated rings. The molecular weight excluding hydrogens is 254 g/mol. The normalized spacial score (nSPS) is 11.8. The molecule has 0 radical (unpaired) electrons. The number of hydrogen-bond acceptors (Lipinski definition) is 3. The maximum Gasteiger partial charge on any atom is 0.325 e. The Labute approximate surface area is 118 Å². The summed E-state index contributed by atoms with van der Waals surface area (Å²) in [7, 11) is 1.54. The molecule has 4 heteroatoms. The molecule has 0 heterocycles. The molecule has 4 nitrogen and oxygen atoms in total. The van der Waals surface area contributed by atoms with Crippen LogP contribution in [-0.2, 0) is 11.3 Å². The van der Waals surface area contributed by atoms with Gasteiger partial charge in [-0.3, -0.25) is 10.1 Å². The molecule has 0 amide bonds. The van der Waals surface area contributed by atoms with E-state index < -0.39 is 12.0 Å². The zero-order valence-electron chi connectivity index (χ0n) is 11.2. The van der Waals surface area contributed by atoms with Crippen LogP contribution in [0.15, 0.2) is 54.6 Å². The maximum atomic E-state index is 11.5. The fourth-order valence-electron chi connectivity index (χ4n) is 2.05. The van der Waals surface area contributed by atoms with Gasteiger partial charge in [0, 0.05) is 12.1 Å². The summed E-state index contributed by atoms with van der Waals surface area (Å²) in [6.45, 7) is 0.482. The van der Waals surface area contributed by atoms with Crippen LogP contribution in [0.5, 0.6) is 5.75 Å². The number of rotatable bonds is 6. The molecule has 0 saturated carbocycles. The van der Waals surface area contributed by atoms with Crippen molar-refractivity contribution in [1.82, 2.24) is 5.32 Å². The number of benzene rings is 2. The van der Waals surface area contributed by atoms with Crippen LogP contribution in [0.3, 0.4) is 0 Å². The number of aliphatic carboxylic acids is 1. The molecule has 1 unspecified atom stereocenters. The molecule has 104 valence electrons. The quantitative estimate of drug-likeness (QED) is 0.848. The fourth-order valence-corrected chi connectivity index (χ4v) is 2.05. The van der Waals surface area contributed by atoms with E-state index in [9.17, 15) is 9.90 Å². The first-order valence-corrected chi connectivity index (χ1v) is 6.35. The summed E-state index contributed by atoms with van der Waals surface area (Å²) in [6.07, 6.45) is 0. The smallest absolute Gasteiger partial charge is 0.325 e. The zero-order chi connectivity index (χ0) is 14.4. The highest BCUT2D eigenvalue weighted by atomic mass is 16.5. The molecule has 0 aliphatic heterocycles. The van der Waals surface area contributed by atoms with Crippen LogP contribution in [0.1, 0.15) is 17.2 Å². The van der Waals surface area contributed by atoms with Crippen LogP contribution < -0.4 is 10.1 Å². The molecule has 1 atom stereocenters. The van der Waals surface area contributed by atoms with Crippen LogP contribution in [0.25, 0.3) is 0 Å². The largest absolute Gasteiger partial charge is 0.496 e. The van der Waals surface area contributed by atoms with E-state index in [4.69, 9.17) is 4.74 Å². The van der Waals surface area contributed by atoms with Gasteiger partial charge in [0.2, 0.25) is 0 Å². The lowest BCUT2D eigenvalue weighted by atomic mass is 10.1. The van der Waals surface area contributed by atoms with Crippen molar-refractivity contribution >= 4 is 5.97 Å². The first-order valence-electron chi connectivity index (χ1n) is 6.35. The van der Waals surface area contributed by atoms with Crippen LogP contribution in [0.4, 0.5) is 0 Å². The van der Waals surface area contributed by atoms with Crippen LogP contribution in [0, 0.1) is 0 Å². The van der Waals surface area contributed by atoms with Gasteiger partial charge in [0.05, 0.1) is 7.11 Å². The lowest BCUT2D eigenvalue weighted by Gasteiger charge is -2.17. The number of carboxylic acid groups (broad SMARTS) is 1. The highest BCUT2D eigenvalue weighted by molar-refractivity contribution is 5.76. The molecule has 0 spiro atoms. The first-order chi connectivity index (χ1) is 9.72. The average Bonchev–Trinajstić information content (AvgIpc) is 2.48. The third-order valence-corrected chi connectivity index (χ3v) is 3.05. The maximum absolute atomic E-state index is 11.5. The predicted molar refractivity (Wildman–Crippen MR) is 76.7 cm³/mol. The number of ether oxygens (including phenoxy) is 1. The van der Waals surface area contributed by atoms with Crippen molar-refractivity contribution in [2.75, 3.05) is 7.11 Å². The Kier molecular flexibility index (Phi) is 4.74. The minimum atomic E-state index is -0.926. The number of nitrogens with one attached hydrogen (secondary N) is 1. The van der Waals surface area contributed by atoms with Gasteiger partial charge in [-0.1, -0.05) is 48.5 Å². The molecule has 2 aromatic rings. The molecular formula is C16H17NO3. The lowest BCUT2D eigenvalue weighted by Crippen LogP contribution is -2.28. The number of carbonyl (C=O) groups is 1. The van der Waals surface area contributed by atoms with Gasteiger partial charge in [-0.15, -0.1) is 0 Å². The number of carboxylic acids is 1. The third-order valence-electron chi connectivity index (χ3n) is 3.05. The van der Waals surface area contributed by atoms with E-state index in [1.807, 2.05) is 36.4 Å². The topological polar surface area (TPSA) is 58.6 Å². The summed E-state index contributed by atoms with van der Waals surface area (Å²) in [6, 6.07) is 16.0. The Balaban J connectivity index is 2.17. The van der Waals surface area contributed by atoms with E-state index >= 15 is 0 Å². The van der Waals surface area contributed by atoms with E-state index in [-0.39, 0.29) is 0 Å². The predicted octanol–water partition coefficient (Wildman–Crippen LogP) is 2.61. The highest BCUT2D eigenvalue weighted by Gasteiger charge is 2.22. The molecule has 2 rings (SSSR count). The Hall–Kier alpha value is -2.33. The van der Waals surface area contributed by atoms with Gasteiger partial charge < -0.3 is 9.84 Å². The molecule has 0 aliphatic rings. The van der Waals surface area contributed by atoms with Gasteiger partial charge in [0.25, 0.3) is 0 Å². The summed E-state index contributed by atoms with van der Waals surface area (Å²) in [5, 5.41) is 12.5. The van der Waals surface area contributed by atoms with Crippen molar-refractivity contribution in [3.8, 4) is 5.75 Å². The SMILES string of the molecule is COc1ccccc1C(NCc1ccccc1)C(=O)O. The van der Waals surface area contributed by atoms with Gasteiger partial charge in [0.1, 0.15) is 11.8 Å². The second kappa shape index (κ2) is 6.73. The van der Waals surface area contributed by atoms with E-state index in [1.54, 1.807) is 18.2 Å². The van der Waals surface area contributed by atoms with Gasteiger partial charge in [0.15, 0.2) is 0 Å². The summed E-state index contributed by atoms with van der Waals surface area (Å²) in [4.78, 5) is 11.5. The van der Waals surface area contributed by atoms with Gasteiger partial charge in [-0.2, -0.15) is 0 Å². The second-order valence-corrected chi connectivity index (χ2v) is 4.38. The summed E-state index contributed by atoms with van der Waals surface area (Å²) in [5.41, 5.74) is 1.66. The monoisotopic (exact) mass is 271 g/mol. The molecule has 0 bridgehead atoms. The van der Waals surface area contributed by atoms with E-state index in [2.05, 4.69) is 5.32 Å². The molecule has 0 saturated heterocycles. The molecule has 2 aromatic carbocycles. The molecule has 0 aromatic heterocycles. The van der Waals surface area contributed by atoms with Crippen molar-refractivity contribution in [3.63, 3.8) is 0 Å². The fraction of sp³-hybridized carbons (Fsp3) is 0.188. The van der Waals surface area contributed by atoms with Crippen LogP contribution in [-0.4, -0.2) is 18.2 Å². The summed E-state index contributed by atoms with van der Waals surface area (Å²) in [5.74, 6) is -0.356. The number of hydrogen-bond donors (Lipinski definition) is 2. The van der Waals surface area contributed by atoms with Crippen molar-refractivity contribution in [2.45, 2.75) is 12.6 Å². The van der Waals surface area contributed by atoms with Gasteiger partial charge >= 0.3 is 5.97 Å². The Bertz CT molecular complexity index is 569. The van der Waals surface area contributed by atoms with Gasteiger partial charge in [-0.25, -0.2) is 0 Å². The average molecular weight is 271 g/mol. The Morgan fingerprint density at radius 3 is 2.45 bits per heavy atom. The molecule has 0 aliphatic carbocycles. The summed E-state index contributed by atoms with van der Waals surface area (Å²) >= 11 is 0. The van der Waals surface area contributed by atoms with Crippen molar-refractivity contribution in [3.05, 3.63) is 65.7 Å². The van der Waals surface area contributed by atoms with Crippen molar-refractivity contribution in [1.29, 1.82) is 0 Å². The highest BCUT2D eigenvalue weighted by Crippen LogP contribution is 2.25. The van der Waals surface area contributed by atoms with Crippen molar-refractivity contribution < 1.29 is 14.6 Å². The summed E-state index contributed by atoms with van der Waals surface area (Å²) < 4.78 is 5.23. The van der Waals surface area contributed by atoms with E-state index in [0.29, 0.717) is 17.9 Å². The van der Waals surface area contributed by atoms with Crippen LogP contribution >= 0.6 is 0 Å². The second-order valence-electron chi connectivity index (χ2n) is 4.38.